The maximum absolute atomic E-state index is 13.3. The summed E-state index contributed by atoms with van der Waals surface area (Å²) < 4.78 is 8.65. The topological polar surface area (TPSA) is 133 Å². The van der Waals surface area contributed by atoms with Crippen LogP contribution in [0.5, 0.6) is 0 Å². The lowest BCUT2D eigenvalue weighted by Crippen LogP contribution is -2.36. The van der Waals surface area contributed by atoms with Gasteiger partial charge < -0.3 is 20.7 Å². The van der Waals surface area contributed by atoms with E-state index in [2.05, 4.69) is 20.2 Å². The van der Waals surface area contributed by atoms with Gasteiger partial charge in [0.15, 0.2) is 0 Å². The number of nitrogens with zero attached hydrogens (tertiary/aromatic N) is 6. The van der Waals surface area contributed by atoms with Crippen LogP contribution in [0.15, 0.2) is 77.9 Å². The van der Waals surface area contributed by atoms with Crippen LogP contribution in [0.25, 0.3) is 28.2 Å². The number of anilines is 3. The van der Waals surface area contributed by atoms with E-state index in [0.29, 0.717) is 47.5 Å². The number of morpholine rings is 1. The Hall–Kier alpha value is -5.29. The molecule has 0 unspecified atom stereocenters. The maximum Gasteiger partial charge on any atom is 0.284 e. The molecule has 11 heteroatoms. The van der Waals surface area contributed by atoms with Crippen molar-refractivity contribution in [2.45, 2.75) is 13.8 Å². The zero-order valence-electron chi connectivity index (χ0n) is 24.2. The van der Waals surface area contributed by atoms with Crippen molar-refractivity contribution in [2.75, 3.05) is 42.3 Å². The summed E-state index contributed by atoms with van der Waals surface area (Å²) in [5.74, 6) is 0.673. The first-order valence-corrected chi connectivity index (χ1v) is 14.0. The summed E-state index contributed by atoms with van der Waals surface area (Å²) in [4.78, 5) is 42.5. The van der Waals surface area contributed by atoms with Crippen molar-refractivity contribution < 1.29 is 9.53 Å². The smallest absolute Gasteiger partial charge is 0.284 e. The van der Waals surface area contributed by atoms with Crippen molar-refractivity contribution in [1.29, 1.82) is 0 Å². The molecule has 0 aliphatic carbocycles. The fraction of sp³-hybridized carbons (Fsp3) is 0.219. The molecule has 0 atom stereocenters. The van der Waals surface area contributed by atoms with E-state index < -0.39 is 5.91 Å². The van der Waals surface area contributed by atoms with Crippen molar-refractivity contribution in [2.24, 2.45) is 7.05 Å². The van der Waals surface area contributed by atoms with E-state index in [9.17, 15) is 9.59 Å². The van der Waals surface area contributed by atoms with Crippen molar-refractivity contribution in [3.05, 3.63) is 100 Å². The number of carbonyl (C=O) groups is 1. The third kappa shape index (κ3) is 5.50. The van der Waals surface area contributed by atoms with Gasteiger partial charge in [-0.2, -0.15) is 0 Å². The molecular weight excluding hydrogens is 544 g/mol. The molecule has 6 rings (SSSR count). The van der Waals surface area contributed by atoms with E-state index in [1.54, 1.807) is 43.2 Å². The van der Waals surface area contributed by atoms with Crippen LogP contribution in [-0.4, -0.2) is 56.5 Å². The van der Waals surface area contributed by atoms with Crippen LogP contribution in [0.1, 0.15) is 21.6 Å². The summed E-state index contributed by atoms with van der Waals surface area (Å²) in [5.41, 5.74) is 11.6. The minimum atomic E-state index is -0.479. The molecule has 1 saturated heterocycles. The second-order valence-electron chi connectivity index (χ2n) is 10.5. The van der Waals surface area contributed by atoms with Gasteiger partial charge in [-0.3, -0.25) is 14.3 Å². The molecule has 0 bridgehead atoms. The molecule has 1 aliphatic rings. The van der Waals surface area contributed by atoms with Crippen molar-refractivity contribution in [3.63, 3.8) is 0 Å². The number of amides is 1. The van der Waals surface area contributed by atoms with Crippen molar-refractivity contribution in [1.82, 2.24) is 24.3 Å². The van der Waals surface area contributed by atoms with Gasteiger partial charge in [0.2, 0.25) is 0 Å². The molecule has 1 amide bonds. The van der Waals surface area contributed by atoms with Gasteiger partial charge in [-0.15, -0.1) is 0 Å². The standard InChI is InChI=1S/C32H32N8O3/c1-20-5-4-6-25(17-20)40-32(42)28(21(2)38(40)3)31(41)36-24-9-7-22(8-10-24)29-30(33)35-19-26(37-29)23-11-12-34-27(18-23)39-13-15-43-16-14-39/h4-12,17-19H,13-16H2,1-3H3,(H2,33,35)(H,36,41). The van der Waals surface area contributed by atoms with E-state index in [4.69, 9.17) is 15.5 Å². The molecule has 2 aromatic carbocycles. The molecule has 4 heterocycles. The summed E-state index contributed by atoms with van der Waals surface area (Å²) in [6, 6.07) is 18.6. The van der Waals surface area contributed by atoms with Gasteiger partial charge in [0, 0.05) is 43.1 Å². The number of nitrogen functional groups attached to an aromatic ring is 1. The highest BCUT2D eigenvalue weighted by molar-refractivity contribution is 6.05. The number of rotatable bonds is 6. The first kappa shape index (κ1) is 27.9. The van der Waals surface area contributed by atoms with Crippen LogP contribution in [-0.2, 0) is 11.8 Å². The quantitative estimate of drug-likeness (QED) is 0.310. The number of nitrogens with one attached hydrogen (secondary N) is 1. The number of aromatic nitrogens is 5. The SMILES string of the molecule is Cc1cccc(-n2c(=O)c(C(=O)Nc3ccc(-c4nc(-c5ccnc(N6CCOCC6)c5)cnc4N)cc3)c(C)n2C)c1. The lowest BCUT2D eigenvalue weighted by molar-refractivity contribution is 0.102. The number of ether oxygens (including phenoxy) is 1. The summed E-state index contributed by atoms with van der Waals surface area (Å²) in [7, 11) is 1.76. The molecule has 1 fully saturated rings. The maximum atomic E-state index is 13.3. The highest BCUT2D eigenvalue weighted by atomic mass is 16.5. The van der Waals surface area contributed by atoms with Gasteiger partial charge in [0.1, 0.15) is 22.9 Å². The number of aryl methyl sites for hydroxylation is 1. The monoisotopic (exact) mass is 576 g/mol. The fourth-order valence-electron chi connectivity index (χ4n) is 5.22. The highest BCUT2D eigenvalue weighted by Gasteiger charge is 2.22. The molecular formula is C32H32N8O3. The van der Waals surface area contributed by atoms with Crippen LogP contribution >= 0.6 is 0 Å². The summed E-state index contributed by atoms with van der Waals surface area (Å²) in [6.45, 7) is 6.62. The van der Waals surface area contributed by atoms with Crippen LogP contribution in [0.2, 0.25) is 0 Å². The molecule has 43 heavy (non-hydrogen) atoms. The van der Waals surface area contributed by atoms with Crippen LogP contribution in [0.3, 0.4) is 0 Å². The minimum Gasteiger partial charge on any atom is -0.382 e. The largest absolute Gasteiger partial charge is 0.382 e. The second-order valence-corrected chi connectivity index (χ2v) is 10.5. The predicted molar refractivity (Wildman–Crippen MR) is 167 cm³/mol. The molecule has 11 nitrogen and oxygen atoms in total. The van der Waals surface area contributed by atoms with Crippen molar-refractivity contribution >= 4 is 23.2 Å². The number of carbonyl (C=O) groups excluding carboxylic acids is 1. The summed E-state index contributed by atoms with van der Waals surface area (Å²) in [6.07, 6.45) is 3.41. The Morgan fingerprint density at radius 3 is 2.49 bits per heavy atom. The lowest BCUT2D eigenvalue weighted by atomic mass is 10.1. The Bertz CT molecular complexity index is 1870. The predicted octanol–water partition coefficient (Wildman–Crippen LogP) is 3.98. The number of benzene rings is 2. The van der Waals surface area contributed by atoms with E-state index in [-0.39, 0.29) is 11.1 Å². The third-order valence-corrected chi connectivity index (χ3v) is 7.62. The Morgan fingerprint density at radius 2 is 1.74 bits per heavy atom. The number of nitrogens with two attached hydrogens (primary N) is 1. The minimum absolute atomic E-state index is 0.0877. The average Bonchev–Trinajstić information content (AvgIpc) is 3.25. The summed E-state index contributed by atoms with van der Waals surface area (Å²) >= 11 is 0. The van der Waals surface area contributed by atoms with Crippen LogP contribution < -0.4 is 21.5 Å². The zero-order chi connectivity index (χ0) is 30.1. The van der Waals surface area contributed by atoms with Crippen LogP contribution in [0, 0.1) is 13.8 Å². The Kier molecular flexibility index (Phi) is 7.47. The lowest BCUT2D eigenvalue weighted by Gasteiger charge is -2.28. The molecule has 0 saturated carbocycles. The first-order valence-electron chi connectivity index (χ1n) is 14.0. The molecule has 0 spiro atoms. The normalized spacial score (nSPS) is 13.2. The number of hydrogen-bond acceptors (Lipinski definition) is 8. The van der Waals surface area contributed by atoms with E-state index in [1.807, 2.05) is 55.5 Å². The van der Waals surface area contributed by atoms with Gasteiger partial charge in [-0.05, 0) is 55.8 Å². The first-order chi connectivity index (χ1) is 20.8. The molecule has 3 N–H and O–H groups in total. The molecule has 218 valence electrons. The highest BCUT2D eigenvalue weighted by Crippen LogP contribution is 2.28. The Labute approximate surface area is 248 Å². The van der Waals surface area contributed by atoms with Gasteiger partial charge in [-0.25, -0.2) is 19.6 Å². The third-order valence-electron chi connectivity index (χ3n) is 7.62. The van der Waals surface area contributed by atoms with Gasteiger partial charge in [0.25, 0.3) is 11.5 Å². The molecule has 3 aromatic heterocycles. The van der Waals surface area contributed by atoms with E-state index in [0.717, 1.165) is 35.6 Å². The molecule has 5 aromatic rings. The molecule has 0 radical (unpaired) electrons. The number of hydrogen-bond donors (Lipinski definition) is 2. The van der Waals surface area contributed by atoms with Gasteiger partial charge >= 0.3 is 0 Å². The van der Waals surface area contributed by atoms with E-state index in [1.165, 1.54) is 4.68 Å². The number of pyridine rings is 1. The average molecular weight is 577 g/mol. The molecule has 1 aliphatic heterocycles. The fourth-order valence-corrected chi connectivity index (χ4v) is 5.22. The van der Waals surface area contributed by atoms with Crippen LogP contribution in [0.4, 0.5) is 17.3 Å². The second kappa shape index (κ2) is 11.5. The van der Waals surface area contributed by atoms with Crippen molar-refractivity contribution in [3.8, 4) is 28.2 Å². The summed E-state index contributed by atoms with van der Waals surface area (Å²) in [5, 5.41) is 2.86. The Balaban J connectivity index is 1.23. The zero-order valence-corrected chi connectivity index (χ0v) is 24.2. The van der Waals surface area contributed by atoms with Gasteiger partial charge in [-0.1, -0.05) is 24.3 Å². The van der Waals surface area contributed by atoms with Gasteiger partial charge in [0.05, 0.1) is 36.5 Å². The Morgan fingerprint density at radius 1 is 0.977 bits per heavy atom. The van der Waals surface area contributed by atoms with E-state index >= 15 is 0 Å².